The first kappa shape index (κ1) is 17.1. The van der Waals surface area contributed by atoms with E-state index in [1.165, 1.54) is 13.2 Å². The van der Waals surface area contributed by atoms with Gasteiger partial charge in [-0.25, -0.2) is 8.78 Å². The molecule has 2 aromatic rings. The van der Waals surface area contributed by atoms with Gasteiger partial charge in [0.15, 0.2) is 6.10 Å². The molecule has 0 aliphatic heterocycles. The van der Waals surface area contributed by atoms with Gasteiger partial charge in [-0.15, -0.1) is 0 Å². The lowest BCUT2D eigenvalue weighted by molar-refractivity contribution is -0.131. The third-order valence-electron chi connectivity index (χ3n) is 3.38. The molecule has 0 saturated heterocycles. The molecule has 23 heavy (non-hydrogen) atoms. The van der Waals surface area contributed by atoms with Crippen LogP contribution in [0.5, 0.6) is 0 Å². The molecule has 1 amide bonds. The second kappa shape index (κ2) is 7.80. The number of hydrogen-bond acceptors (Lipinski definition) is 3. The summed E-state index contributed by atoms with van der Waals surface area (Å²) in [5.41, 5.74) is 0.167. The van der Waals surface area contributed by atoms with Crippen molar-refractivity contribution in [3.8, 4) is 0 Å². The molecule has 4 nitrogen and oxygen atoms in total. The zero-order chi connectivity index (χ0) is 16.8. The number of ether oxygens (including phenoxy) is 1. The molecule has 0 aliphatic rings. The summed E-state index contributed by atoms with van der Waals surface area (Å²) in [4.78, 5) is 12.1. The van der Waals surface area contributed by atoms with Crippen molar-refractivity contribution in [2.75, 3.05) is 13.7 Å². The van der Waals surface area contributed by atoms with Crippen LogP contribution in [0, 0.1) is 11.6 Å². The number of hydrogen-bond donors (Lipinski definition) is 2. The van der Waals surface area contributed by atoms with Gasteiger partial charge in [0.05, 0.1) is 5.56 Å². The molecule has 2 aromatic carbocycles. The van der Waals surface area contributed by atoms with E-state index < -0.39 is 35.3 Å². The van der Waals surface area contributed by atoms with Crippen LogP contribution >= 0.6 is 0 Å². The molecule has 6 heteroatoms. The smallest absolute Gasteiger partial charge is 0.253 e. The van der Waals surface area contributed by atoms with Crippen LogP contribution in [0.25, 0.3) is 0 Å². The van der Waals surface area contributed by atoms with Gasteiger partial charge in [-0.2, -0.15) is 0 Å². The van der Waals surface area contributed by atoms with E-state index in [4.69, 9.17) is 4.74 Å². The normalized spacial score (nSPS) is 13.4. The third kappa shape index (κ3) is 4.12. The minimum atomic E-state index is -1.49. The highest BCUT2D eigenvalue weighted by atomic mass is 19.1. The first-order valence-electron chi connectivity index (χ1n) is 7.02. The van der Waals surface area contributed by atoms with Gasteiger partial charge >= 0.3 is 0 Å². The van der Waals surface area contributed by atoms with E-state index in [1.54, 1.807) is 30.3 Å². The lowest BCUT2D eigenvalue weighted by Crippen LogP contribution is -2.34. The summed E-state index contributed by atoms with van der Waals surface area (Å²) in [5.74, 6) is -2.23. The molecule has 2 atom stereocenters. The maximum atomic E-state index is 13.6. The van der Waals surface area contributed by atoms with E-state index in [9.17, 15) is 18.7 Å². The van der Waals surface area contributed by atoms with Crippen LogP contribution in [0.4, 0.5) is 8.78 Å². The predicted molar refractivity (Wildman–Crippen MR) is 80.5 cm³/mol. The Balaban J connectivity index is 2.03. The molecule has 122 valence electrons. The topological polar surface area (TPSA) is 58.6 Å². The van der Waals surface area contributed by atoms with E-state index >= 15 is 0 Å². The molecular formula is C17H17F2NO3. The molecule has 2 rings (SSSR count). The predicted octanol–water partition coefficient (Wildman–Crippen LogP) is 2.50. The largest absolute Gasteiger partial charge is 0.386 e. The van der Waals surface area contributed by atoms with Crippen molar-refractivity contribution in [1.29, 1.82) is 0 Å². The summed E-state index contributed by atoms with van der Waals surface area (Å²) < 4.78 is 32.3. The number of aliphatic hydroxyl groups excluding tert-OH is 1. The van der Waals surface area contributed by atoms with Gasteiger partial charge < -0.3 is 15.2 Å². The Labute approximate surface area is 132 Å². The summed E-state index contributed by atoms with van der Waals surface area (Å²) >= 11 is 0. The number of halogens is 2. The Morgan fingerprint density at radius 1 is 1.13 bits per heavy atom. The molecule has 2 N–H and O–H groups in total. The zero-order valence-corrected chi connectivity index (χ0v) is 12.5. The molecule has 0 radical (unpaired) electrons. The molecule has 0 bridgehead atoms. The molecule has 0 fully saturated rings. The Hall–Kier alpha value is -2.31. The summed E-state index contributed by atoms with van der Waals surface area (Å²) in [5, 5.41) is 12.4. The van der Waals surface area contributed by atoms with Crippen molar-refractivity contribution >= 4 is 5.91 Å². The summed E-state index contributed by atoms with van der Waals surface area (Å²) in [7, 11) is 1.38. The van der Waals surface area contributed by atoms with Gasteiger partial charge in [-0.3, -0.25) is 4.79 Å². The average molecular weight is 321 g/mol. The Kier molecular flexibility index (Phi) is 5.78. The lowest BCUT2D eigenvalue weighted by Gasteiger charge is -2.18. The molecule has 0 saturated carbocycles. The number of nitrogens with one attached hydrogen (secondary N) is 1. The van der Waals surface area contributed by atoms with Crippen molar-refractivity contribution in [3.05, 3.63) is 71.3 Å². The number of amides is 1. The fraction of sp³-hybridized carbons (Fsp3) is 0.235. The number of methoxy groups -OCH3 is 1. The van der Waals surface area contributed by atoms with Crippen LogP contribution in [0.1, 0.15) is 23.3 Å². The fourth-order valence-electron chi connectivity index (χ4n) is 2.24. The molecule has 0 aromatic heterocycles. The number of aliphatic hydroxyl groups is 1. The minimum absolute atomic E-state index is 0.330. The number of carbonyl (C=O) groups excluding carboxylic acids is 1. The lowest BCUT2D eigenvalue weighted by atomic mass is 10.1. The van der Waals surface area contributed by atoms with Crippen LogP contribution in [0.2, 0.25) is 0 Å². The van der Waals surface area contributed by atoms with Crippen molar-refractivity contribution in [2.24, 2.45) is 0 Å². The van der Waals surface area contributed by atoms with E-state index in [0.717, 1.165) is 12.1 Å². The Bertz CT molecular complexity index is 644. The molecule has 0 aliphatic carbocycles. The van der Waals surface area contributed by atoms with Crippen molar-refractivity contribution in [2.45, 2.75) is 12.2 Å². The van der Waals surface area contributed by atoms with Gasteiger partial charge in [0.25, 0.3) is 5.91 Å². The first-order valence-corrected chi connectivity index (χ1v) is 7.02. The number of rotatable bonds is 6. The van der Waals surface area contributed by atoms with Gasteiger partial charge in [-0.1, -0.05) is 36.4 Å². The van der Waals surface area contributed by atoms with Crippen molar-refractivity contribution in [3.63, 3.8) is 0 Å². The number of benzene rings is 2. The maximum Gasteiger partial charge on any atom is 0.253 e. The summed E-state index contributed by atoms with van der Waals surface area (Å²) in [6, 6.07) is 12.1. The molecule has 0 unspecified atom stereocenters. The summed E-state index contributed by atoms with van der Waals surface area (Å²) in [6.45, 7) is -0.330. The molecule has 0 spiro atoms. The van der Waals surface area contributed by atoms with E-state index in [-0.39, 0.29) is 6.54 Å². The van der Waals surface area contributed by atoms with Crippen LogP contribution in [-0.2, 0) is 9.53 Å². The zero-order valence-electron chi connectivity index (χ0n) is 12.5. The number of carbonyl (C=O) groups is 1. The van der Waals surface area contributed by atoms with Crippen LogP contribution in [0.15, 0.2) is 48.5 Å². The quantitative estimate of drug-likeness (QED) is 0.859. The monoisotopic (exact) mass is 321 g/mol. The third-order valence-corrected chi connectivity index (χ3v) is 3.38. The highest BCUT2D eigenvalue weighted by Gasteiger charge is 2.23. The van der Waals surface area contributed by atoms with Crippen LogP contribution in [0.3, 0.4) is 0 Å². The van der Waals surface area contributed by atoms with Gasteiger partial charge in [0.1, 0.15) is 17.7 Å². The average Bonchev–Trinajstić information content (AvgIpc) is 2.54. The second-order valence-electron chi connectivity index (χ2n) is 4.92. The SMILES string of the molecule is CO[C@@H](C(=O)NC[C@H](O)c1c(F)cccc1F)c1ccccc1. The van der Waals surface area contributed by atoms with E-state index in [1.807, 2.05) is 0 Å². The highest BCUT2D eigenvalue weighted by molar-refractivity contribution is 5.82. The van der Waals surface area contributed by atoms with Gasteiger partial charge in [-0.05, 0) is 17.7 Å². The van der Waals surface area contributed by atoms with Gasteiger partial charge in [0.2, 0.25) is 0 Å². The van der Waals surface area contributed by atoms with Gasteiger partial charge in [0, 0.05) is 13.7 Å². The van der Waals surface area contributed by atoms with Crippen LogP contribution in [-0.4, -0.2) is 24.7 Å². The fourth-order valence-corrected chi connectivity index (χ4v) is 2.24. The van der Waals surface area contributed by atoms with Crippen molar-refractivity contribution < 1.29 is 23.4 Å². The minimum Gasteiger partial charge on any atom is -0.386 e. The highest BCUT2D eigenvalue weighted by Crippen LogP contribution is 2.21. The molecular weight excluding hydrogens is 304 g/mol. The summed E-state index contributed by atoms with van der Waals surface area (Å²) in [6.07, 6.45) is -2.36. The standard InChI is InChI=1S/C17H17F2NO3/c1-23-16(11-6-3-2-4-7-11)17(22)20-10-14(21)15-12(18)8-5-9-13(15)19/h2-9,14,16,21H,10H2,1H3,(H,20,22)/t14-,16+/m0/s1. The second-order valence-corrected chi connectivity index (χ2v) is 4.92. The first-order chi connectivity index (χ1) is 11.0. The van der Waals surface area contributed by atoms with Crippen molar-refractivity contribution in [1.82, 2.24) is 5.32 Å². The Morgan fingerprint density at radius 2 is 1.74 bits per heavy atom. The Morgan fingerprint density at radius 3 is 2.30 bits per heavy atom. The maximum absolute atomic E-state index is 13.6. The molecule has 0 heterocycles. The van der Waals surface area contributed by atoms with E-state index in [0.29, 0.717) is 5.56 Å². The van der Waals surface area contributed by atoms with E-state index in [2.05, 4.69) is 5.32 Å². The van der Waals surface area contributed by atoms with Crippen LogP contribution < -0.4 is 5.32 Å².